The van der Waals surface area contributed by atoms with Crippen LogP contribution in [0.15, 0.2) is 0 Å². The van der Waals surface area contributed by atoms with Crippen molar-refractivity contribution >= 4 is 19.2 Å². The molecule has 2 aromatic heterocycles. The zero-order chi connectivity index (χ0) is 27.8. The number of nitrogens with zero attached hydrogens (tertiary/aromatic N) is 6. The summed E-state index contributed by atoms with van der Waals surface area (Å²) >= 11 is 0. The molecule has 1 unspecified atom stereocenters. The number of tetrazole rings is 1. The molecule has 1 saturated carbocycles. The molecule has 0 bridgehead atoms. The van der Waals surface area contributed by atoms with Gasteiger partial charge in [0.15, 0.2) is 29.0 Å². The number of hydrogen-bond donors (Lipinski definition) is 8. The number of nitrogens with one attached hydrogen (secondary N) is 3. The summed E-state index contributed by atoms with van der Waals surface area (Å²) in [6.45, 7) is -1.14. The molecule has 8 N–H and O–H groups in total. The van der Waals surface area contributed by atoms with Gasteiger partial charge in [-0.1, -0.05) is 5.21 Å². The second-order valence-electron chi connectivity index (χ2n) is 9.71. The van der Waals surface area contributed by atoms with Crippen LogP contribution >= 0.6 is 7.60 Å². The topological polar surface area (TPSA) is 253 Å². The third-order valence-electron chi connectivity index (χ3n) is 7.11. The number of hydrazine groups is 1. The third kappa shape index (κ3) is 5.49. The lowest BCUT2D eigenvalue weighted by Crippen LogP contribution is -2.49. The highest BCUT2D eigenvalue weighted by Gasteiger charge is 2.53. The smallest absolute Gasteiger partial charge is 0.359 e. The van der Waals surface area contributed by atoms with Crippen LogP contribution in [0.4, 0.5) is 11.6 Å². The molecule has 39 heavy (non-hydrogen) atoms. The van der Waals surface area contributed by atoms with E-state index in [9.17, 15) is 29.7 Å². The molecule has 18 nitrogen and oxygen atoms in total. The molecule has 5 atom stereocenters. The molecular formula is C20H32N9O9P. The second-order valence-corrected chi connectivity index (χ2v) is 11.6. The van der Waals surface area contributed by atoms with Crippen LogP contribution in [0.3, 0.4) is 0 Å². The summed E-state index contributed by atoms with van der Waals surface area (Å²) in [5.74, 6) is 1.09. The van der Waals surface area contributed by atoms with Crippen molar-refractivity contribution in [3.05, 3.63) is 17.2 Å². The molecule has 0 aromatic carbocycles. The number of fused-ring (bicyclic) bond motifs is 1. The molecule has 0 radical (unpaired) electrons. The molecule has 1 saturated heterocycles. The van der Waals surface area contributed by atoms with Crippen LogP contribution in [-0.2, 0) is 38.3 Å². The molecule has 0 amide bonds. The van der Waals surface area contributed by atoms with Crippen LogP contribution in [0.5, 0.6) is 0 Å². The van der Waals surface area contributed by atoms with Crippen molar-refractivity contribution in [2.75, 3.05) is 30.6 Å². The summed E-state index contributed by atoms with van der Waals surface area (Å²) in [4.78, 5) is 29.1. The van der Waals surface area contributed by atoms with Gasteiger partial charge < -0.3 is 44.6 Å². The Bertz CT molecular complexity index is 1180. The van der Waals surface area contributed by atoms with Gasteiger partial charge in [0.1, 0.15) is 30.7 Å². The van der Waals surface area contributed by atoms with Crippen molar-refractivity contribution in [1.29, 1.82) is 0 Å². The van der Waals surface area contributed by atoms with E-state index in [1.165, 1.54) is 12.1 Å². The first kappa shape index (κ1) is 28.2. The maximum atomic E-state index is 12.5. The summed E-state index contributed by atoms with van der Waals surface area (Å²) < 4.78 is 29.2. The Hall–Kier alpha value is -2.38. The van der Waals surface area contributed by atoms with Crippen LogP contribution in [-0.4, -0.2) is 112 Å². The predicted molar refractivity (Wildman–Crippen MR) is 130 cm³/mol. The van der Waals surface area contributed by atoms with E-state index in [0.29, 0.717) is 23.7 Å². The van der Waals surface area contributed by atoms with Crippen molar-refractivity contribution < 1.29 is 43.9 Å². The molecule has 4 heterocycles. The van der Waals surface area contributed by atoms with Crippen molar-refractivity contribution in [3.63, 3.8) is 0 Å². The van der Waals surface area contributed by atoms with Crippen LogP contribution in [0.1, 0.15) is 36.5 Å². The van der Waals surface area contributed by atoms with Crippen LogP contribution in [0.2, 0.25) is 0 Å². The number of aromatic amines is 1. The van der Waals surface area contributed by atoms with Gasteiger partial charge >= 0.3 is 7.60 Å². The summed E-state index contributed by atoms with van der Waals surface area (Å²) in [6, 6.07) is 0.273. The minimum Gasteiger partial charge on any atom is -0.388 e. The maximum Gasteiger partial charge on any atom is 0.359 e. The summed E-state index contributed by atoms with van der Waals surface area (Å²) in [5.41, 5.74) is 3.80. The Kier molecular flexibility index (Phi) is 8.12. The number of H-pyrrole nitrogens is 1. The fourth-order valence-electron chi connectivity index (χ4n) is 4.73. The number of methoxy groups -OCH3 is 1. The van der Waals surface area contributed by atoms with E-state index in [0.717, 1.165) is 19.3 Å². The van der Waals surface area contributed by atoms with Gasteiger partial charge in [0.05, 0.1) is 25.2 Å². The van der Waals surface area contributed by atoms with Gasteiger partial charge in [0, 0.05) is 19.7 Å². The quantitative estimate of drug-likeness (QED) is 0.122. The molecule has 1 aliphatic carbocycles. The minimum atomic E-state index is -5.00. The van der Waals surface area contributed by atoms with Gasteiger partial charge in [-0.05, 0) is 19.3 Å². The fourth-order valence-corrected chi connectivity index (χ4v) is 5.61. The Morgan fingerprint density at radius 1 is 1.23 bits per heavy atom. The fraction of sp³-hybridized carbons (Fsp3) is 0.750. The SMILES string of the molecule is COCC(Cc1nn[nH]n1)(OC[C@H]1O[C@@H](N2NCc3c(NC4CCC4)nc(CO)nc32)[C@H](O)[C@@H]1O)P(=O)(O)O. The standard InChI is InChI=1S/C20H32N9O9P/c1-36-9-20(39(33,34)35,5-13-25-27-28-26-13)37-8-12-15(31)16(32)19(38-12)29-18-11(6-21-29)17(22-10-3-2-4-10)23-14(7-30)24-18/h10,12,15-16,19,21,30-32H,2-9H2,1H3,(H,22,23,24)(H2,33,34,35)(H,25,26,27,28)/t12-,15-,16-,19-,20?/m1/s1. The average molecular weight is 574 g/mol. The Balaban J connectivity index is 1.34. The molecule has 2 aliphatic heterocycles. The first-order valence-electron chi connectivity index (χ1n) is 12.4. The minimum absolute atomic E-state index is 0.0234. The zero-order valence-corrected chi connectivity index (χ0v) is 21.9. The number of anilines is 2. The van der Waals surface area contributed by atoms with E-state index in [4.69, 9.17) is 14.2 Å². The highest BCUT2D eigenvalue weighted by atomic mass is 31.2. The van der Waals surface area contributed by atoms with Gasteiger partial charge in [0.2, 0.25) is 0 Å². The molecule has 5 rings (SSSR count). The van der Waals surface area contributed by atoms with E-state index in [2.05, 4.69) is 41.3 Å². The molecule has 19 heteroatoms. The summed E-state index contributed by atoms with van der Waals surface area (Å²) in [5, 5.41) is 47.1. The van der Waals surface area contributed by atoms with E-state index in [1.54, 1.807) is 0 Å². The Labute approximate surface area is 222 Å². The van der Waals surface area contributed by atoms with Gasteiger partial charge in [-0.2, -0.15) is 5.21 Å². The summed E-state index contributed by atoms with van der Waals surface area (Å²) in [6.07, 6.45) is -2.56. The number of hydrogen-bond acceptors (Lipinski definition) is 15. The lowest BCUT2D eigenvalue weighted by molar-refractivity contribution is -0.104. The monoisotopic (exact) mass is 573 g/mol. The normalized spacial score (nSPS) is 26.9. The van der Waals surface area contributed by atoms with Gasteiger partial charge in [-0.25, -0.2) is 15.4 Å². The van der Waals surface area contributed by atoms with Gasteiger partial charge in [-0.15, -0.1) is 10.2 Å². The van der Waals surface area contributed by atoms with Crippen LogP contribution < -0.4 is 15.8 Å². The highest BCUT2D eigenvalue weighted by Crippen LogP contribution is 2.53. The lowest BCUT2D eigenvalue weighted by Gasteiger charge is -2.34. The largest absolute Gasteiger partial charge is 0.388 e. The maximum absolute atomic E-state index is 12.5. The molecule has 0 spiro atoms. The van der Waals surface area contributed by atoms with E-state index in [-0.39, 0.29) is 17.7 Å². The second kappa shape index (κ2) is 11.2. The molecule has 2 fully saturated rings. The van der Waals surface area contributed by atoms with E-state index < -0.39 is 63.7 Å². The summed E-state index contributed by atoms with van der Waals surface area (Å²) in [7, 11) is -3.75. The third-order valence-corrected chi connectivity index (χ3v) is 8.58. The first-order valence-corrected chi connectivity index (χ1v) is 14.0. The number of aliphatic hydroxyl groups excluding tert-OH is 3. The predicted octanol–water partition coefficient (Wildman–Crippen LogP) is -2.50. The molecule has 3 aliphatic rings. The number of rotatable bonds is 12. The Morgan fingerprint density at radius 3 is 2.64 bits per heavy atom. The molecular weight excluding hydrogens is 541 g/mol. The first-order chi connectivity index (χ1) is 18.7. The zero-order valence-electron chi connectivity index (χ0n) is 21.0. The van der Waals surface area contributed by atoms with Crippen LogP contribution in [0, 0.1) is 0 Å². The number of aromatic nitrogens is 6. The van der Waals surface area contributed by atoms with E-state index in [1.807, 2.05) is 0 Å². The van der Waals surface area contributed by atoms with Crippen molar-refractivity contribution in [2.45, 2.75) is 74.8 Å². The van der Waals surface area contributed by atoms with Crippen molar-refractivity contribution in [1.82, 2.24) is 36.0 Å². The molecule has 2 aromatic rings. The Morgan fingerprint density at radius 2 is 2.03 bits per heavy atom. The number of ether oxygens (including phenoxy) is 3. The van der Waals surface area contributed by atoms with Gasteiger partial charge in [0.25, 0.3) is 0 Å². The van der Waals surface area contributed by atoms with Crippen molar-refractivity contribution in [2.24, 2.45) is 0 Å². The molecule has 216 valence electrons. The number of aliphatic hydroxyl groups is 3. The van der Waals surface area contributed by atoms with Crippen LogP contribution in [0.25, 0.3) is 0 Å². The van der Waals surface area contributed by atoms with Crippen molar-refractivity contribution in [3.8, 4) is 0 Å². The highest BCUT2D eigenvalue weighted by molar-refractivity contribution is 7.53. The average Bonchev–Trinajstić information content (AvgIpc) is 3.60. The lowest BCUT2D eigenvalue weighted by atomic mass is 9.93. The van der Waals surface area contributed by atoms with E-state index >= 15 is 0 Å². The van der Waals surface area contributed by atoms with Gasteiger partial charge in [-0.3, -0.25) is 9.57 Å².